The number of nitrogens with zero attached hydrogens (tertiary/aromatic N) is 1. The van der Waals surface area contributed by atoms with Crippen LogP contribution < -0.4 is 5.73 Å². The number of nitrogens with one attached hydrogen (secondary N) is 1. The molecule has 1 heterocycles. The molecule has 0 radical (unpaired) electrons. The molecule has 0 atom stereocenters. The minimum absolute atomic E-state index is 0.123. The first-order chi connectivity index (χ1) is 8.58. The number of pyridine rings is 1. The van der Waals surface area contributed by atoms with Crippen molar-refractivity contribution in [2.24, 2.45) is 5.73 Å². The van der Waals surface area contributed by atoms with Gasteiger partial charge in [-0.15, -0.1) is 0 Å². The number of nitrogen functional groups attached to an aromatic ring is 1. The first-order valence-electron chi connectivity index (χ1n) is 4.99. The van der Waals surface area contributed by atoms with Gasteiger partial charge in [0.05, 0.1) is 0 Å². The summed E-state index contributed by atoms with van der Waals surface area (Å²) in [5, 5.41) is 7.41. The minimum Gasteiger partial charge on any atom is -0.384 e. The van der Waals surface area contributed by atoms with E-state index in [1.165, 1.54) is 24.5 Å². The second-order valence-electron chi connectivity index (χ2n) is 3.46. The lowest BCUT2D eigenvalue weighted by Gasteiger charge is -2.07. The van der Waals surface area contributed by atoms with E-state index in [4.69, 9.17) is 11.1 Å². The lowest BCUT2D eigenvalue weighted by Crippen LogP contribution is -2.12. The van der Waals surface area contributed by atoms with Gasteiger partial charge in [0.15, 0.2) is 0 Å². The Balaban J connectivity index is 2.37. The van der Waals surface area contributed by atoms with Crippen molar-refractivity contribution in [1.82, 2.24) is 4.98 Å². The summed E-state index contributed by atoms with van der Waals surface area (Å²) >= 11 is 1.05. The maximum Gasteiger partial charge on any atom is 0.140 e. The van der Waals surface area contributed by atoms with Crippen molar-refractivity contribution in [2.45, 2.75) is 9.79 Å². The molecule has 0 bridgehead atoms. The van der Waals surface area contributed by atoms with E-state index in [1.54, 1.807) is 6.07 Å². The summed E-state index contributed by atoms with van der Waals surface area (Å²) in [6.45, 7) is 0. The normalized spacial score (nSPS) is 10.3. The fourth-order valence-electron chi connectivity index (χ4n) is 1.36. The molecule has 0 aliphatic carbocycles. The Morgan fingerprint density at radius 2 is 2.00 bits per heavy atom. The molecule has 2 aromatic rings. The Labute approximate surface area is 107 Å². The second kappa shape index (κ2) is 5.14. The van der Waals surface area contributed by atoms with Gasteiger partial charge in [-0.1, -0.05) is 11.8 Å². The summed E-state index contributed by atoms with van der Waals surface area (Å²) < 4.78 is 26.3. The molecule has 3 nitrogen and oxygen atoms in total. The van der Waals surface area contributed by atoms with Crippen molar-refractivity contribution in [3.63, 3.8) is 0 Å². The highest BCUT2D eigenvalue weighted by atomic mass is 32.2. The average molecular weight is 265 g/mol. The topological polar surface area (TPSA) is 62.8 Å². The number of halogens is 2. The predicted octanol–water partition coefficient (Wildman–Crippen LogP) is 2.80. The summed E-state index contributed by atoms with van der Waals surface area (Å²) in [6.07, 6.45) is 2.99. The first kappa shape index (κ1) is 12.5. The van der Waals surface area contributed by atoms with E-state index in [1.807, 2.05) is 0 Å². The number of hydrogen-bond acceptors (Lipinski definition) is 3. The zero-order valence-corrected chi connectivity index (χ0v) is 9.97. The Morgan fingerprint density at radius 1 is 1.22 bits per heavy atom. The molecule has 0 saturated carbocycles. The number of nitrogens with two attached hydrogens (primary N) is 1. The van der Waals surface area contributed by atoms with E-state index in [2.05, 4.69) is 4.98 Å². The summed E-state index contributed by atoms with van der Waals surface area (Å²) in [4.78, 5) is 4.71. The Bertz CT molecular complexity index is 602. The standard InChI is InChI=1S/C12H9F2N3S/c13-7-1-2-10(9(14)5-7)18-11-6-17-4-3-8(11)12(15)16/h1-6H,(H3,15,16). The van der Waals surface area contributed by atoms with Crippen LogP contribution in [0, 0.1) is 17.0 Å². The third kappa shape index (κ3) is 2.65. The Hall–Kier alpha value is -1.95. The zero-order valence-electron chi connectivity index (χ0n) is 9.15. The highest BCUT2D eigenvalue weighted by Crippen LogP contribution is 2.31. The quantitative estimate of drug-likeness (QED) is 0.662. The minimum atomic E-state index is -0.654. The molecule has 0 aliphatic heterocycles. The molecular formula is C12H9F2N3S. The van der Waals surface area contributed by atoms with Crippen LogP contribution in [-0.2, 0) is 0 Å². The summed E-state index contributed by atoms with van der Waals surface area (Å²) in [5.41, 5.74) is 5.89. The van der Waals surface area contributed by atoms with Gasteiger partial charge >= 0.3 is 0 Å². The van der Waals surface area contributed by atoms with E-state index < -0.39 is 11.6 Å². The third-order valence-electron chi connectivity index (χ3n) is 2.19. The van der Waals surface area contributed by atoms with Crippen molar-refractivity contribution in [3.05, 3.63) is 53.9 Å². The van der Waals surface area contributed by atoms with Crippen LogP contribution in [0.3, 0.4) is 0 Å². The molecule has 0 amide bonds. The van der Waals surface area contributed by atoms with Crippen LogP contribution >= 0.6 is 11.8 Å². The van der Waals surface area contributed by atoms with Gasteiger partial charge < -0.3 is 5.73 Å². The second-order valence-corrected chi connectivity index (χ2v) is 4.55. The molecule has 0 fully saturated rings. The van der Waals surface area contributed by atoms with Gasteiger partial charge in [0, 0.05) is 33.8 Å². The van der Waals surface area contributed by atoms with Crippen LogP contribution in [0.15, 0.2) is 46.5 Å². The molecule has 0 saturated heterocycles. The van der Waals surface area contributed by atoms with Crippen molar-refractivity contribution in [3.8, 4) is 0 Å². The van der Waals surface area contributed by atoms with Gasteiger partial charge in [0.25, 0.3) is 0 Å². The van der Waals surface area contributed by atoms with E-state index >= 15 is 0 Å². The highest BCUT2D eigenvalue weighted by molar-refractivity contribution is 7.99. The van der Waals surface area contributed by atoms with E-state index in [-0.39, 0.29) is 10.7 Å². The summed E-state index contributed by atoms with van der Waals surface area (Å²) in [5.74, 6) is -1.41. The summed E-state index contributed by atoms with van der Waals surface area (Å²) in [7, 11) is 0. The molecule has 1 aromatic heterocycles. The maximum atomic E-state index is 13.5. The van der Waals surface area contributed by atoms with Gasteiger partial charge in [0.1, 0.15) is 17.5 Å². The van der Waals surface area contributed by atoms with Crippen LogP contribution in [0.25, 0.3) is 0 Å². The zero-order chi connectivity index (χ0) is 13.1. The number of aromatic nitrogens is 1. The highest BCUT2D eigenvalue weighted by Gasteiger charge is 2.10. The Kier molecular flexibility index (Phi) is 3.57. The number of hydrogen-bond donors (Lipinski definition) is 2. The molecule has 0 spiro atoms. The fourth-order valence-corrected chi connectivity index (χ4v) is 2.29. The van der Waals surface area contributed by atoms with Gasteiger partial charge in [-0.25, -0.2) is 8.78 Å². The van der Waals surface area contributed by atoms with E-state index in [9.17, 15) is 8.78 Å². The molecule has 2 rings (SSSR count). The number of benzene rings is 1. The maximum absolute atomic E-state index is 13.5. The van der Waals surface area contributed by atoms with Crippen molar-refractivity contribution < 1.29 is 8.78 Å². The molecule has 6 heteroatoms. The SMILES string of the molecule is N=C(N)c1ccncc1Sc1ccc(F)cc1F. The third-order valence-corrected chi connectivity index (χ3v) is 3.28. The lowest BCUT2D eigenvalue weighted by atomic mass is 10.2. The summed E-state index contributed by atoms with van der Waals surface area (Å²) in [6, 6.07) is 4.90. The predicted molar refractivity (Wildman–Crippen MR) is 65.7 cm³/mol. The van der Waals surface area contributed by atoms with Crippen LogP contribution in [-0.4, -0.2) is 10.8 Å². The van der Waals surface area contributed by atoms with Crippen LogP contribution in [0.4, 0.5) is 8.78 Å². The smallest absolute Gasteiger partial charge is 0.140 e. The molecule has 0 unspecified atom stereocenters. The van der Waals surface area contributed by atoms with Crippen LogP contribution in [0.5, 0.6) is 0 Å². The van der Waals surface area contributed by atoms with Gasteiger partial charge in [-0.05, 0) is 18.2 Å². The molecule has 0 aliphatic rings. The number of rotatable bonds is 3. The van der Waals surface area contributed by atoms with Crippen molar-refractivity contribution in [2.75, 3.05) is 0 Å². The molecular weight excluding hydrogens is 256 g/mol. The van der Waals surface area contributed by atoms with Gasteiger partial charge in [-0.3, -0.25) is 10.4 Å². The van der Waals surface area contributed by atoms with E-state index in [0.717, 1.165) is 17.8 Å². The van der Waals surface area contributed by atoms with Crippen LogP contribution in [0.2, 0.25) is 0 Å². The lowest BCUT2D eigenvalue weighted by molar-refractivity contribution is 0.565. The first-order valence-corrected chi connectivity index (χ1v) is 5.81. The largest absolute Gasteiger partial charge is 0.384 e. The average Bonchev–Trinajstić information content (AvgIpc) is 2.33. The van der Waals surface area contributed by atoms with Crippen molar-refractivity contribution in [1.29, 1.82) is 5.41 Å². The molecule has 18 heavy (non-hydrogen) atoms. The monoisotopic (exact) mass is 265 g/mol. The molecule has 3 N–H and O–H groups in total. The molecule has 1 aromatic carbocycles. The van der Waals surface area contributed by atoms with Gasteiger partial charge in [-0.2, -0.15) is 0 Å². The number of amidine groups is 1. The van der Waals surface area contributed by atoms with Gasteiger partial charge in [0.2, 0.25) is 0 Å². The molecule has 92 valence electrons. The Morgan fingerprint density at radius 3 is 2.67 bits per heavy atom. The van der Waals surface area contributed by atoms with Crippen molar-refractivity contribution >= 4 is 17.6 Å². The fraction of sp³-hybridized carbons (Fsp3) is 0. The van der Waals surface area contributed by atoms with E-state index in [0.29, 0.717) is 10.5 Å². The van der Waals surface area contributed by atoms with Crippen LogP contribution in [0.1, 0.15) is 5.56 Å².